The second-order valence-electron chi connectivity index (χ2n) is 3.77. The molecule has 0 atom stereocenters. The molecule has 94 valence electrons. The van der Waals surface area contributed by atoms with Crippen LogP contribution in [0, 0.1) is 6.92 Å². The minimum Gasteiger partial charge on any atom is -0.288 e. The fourth-order valence-corrected chi connectivity index (χ4v) is 1.65. The van der Waals surface area contributed by atoms with Crippen LogP contribution in [0.2, 0.25) is 0 Å². The molecule has 0 spiro atoms. The molecule has 0 bridgehead atoms. The minimum absolute atomic E-state index is 0.108. The predicted molar refractivity (Wildman–Crippen MR) is 58.2 cm³/mol. The maximum atomic E-state index is 12.7. The van der Waals surface area contributed by atoms with Crippen LogP contribution in [0.5, 0.6) is 0 Å². The van der Waals surface area contributed by atoms with E-state index in [4.69, 9.17) is 0 Å². The van der Waals surface area contributed by atoms with Crippen LogP contribution >= 0.6 is 0 Å². The van der Waals surface area contributed by atoms with Gasteiger partial charge in [0.2, 0.25) is 0 Å². The van der Waals surface area contributed by atoms with E-state index in [9.17, 15) is 18.0 Å². The average Bonchev–Trinajstić information content (AvgIpc) is 2.71. The van der Waals surface area contributed by atoms with Gasteiger partial charge < -0.3 is 0 Å². The Bertz CT molecular complexity index is 573. The molecule has 6 heteroatoms. The van der Waals surface area contributed by atoms with Gasteiger partial charge in [-0.2, -0.15) is 18.3 Å². The largest absolute Gasteiger partial charge is 0.435 e. The number of rotatable bonds is 2. The number of nitrogens with one attached hydrogen (secondary N) is 1. The molecule has 0 unspecified atom stereocenters. The van der Waals surface area contributed by atoms with Crippen molar-refractivity contribution in [2.75, 3.05) is 0 Å². The normalized spacial score (nSPS) is 11.6. The van der Waals surface area contributed by atoms with E-state index in [0.717, 1.165) is 0 Å². The van der Waals surface area contributed by atoms with Gasteiger partial charge in [0.15, 0.2) is 11.5 Å². The highest BCUT2D eigenvalue weighted by atomic mass is 19.4. The number of nitrogens with zero attached hydrogens (tertiary/aromatic N) is 1. The minimum atomic E-state index is -4.65. The van der Waals surface area contributed by atoms with Crippen molar-refractivity contribution in [3.8, 4) is 0 Å². The molecule has 3 nitrogen and oxygen atoms in total. The zero-order valence-corrected chi connectivity index (χ0v) is 9.38. The van der Waals surface area contributed by atoms with Gasteiger partial charge in [0.1, 0.15) is 0 Å². The highest BCUT2D eigenvalue weighted by Gasteiger charge is 2.39. The van der Waals surface area contributed by atoms with E-state index >= 15 is 0 Å². The first-order chi connectivity index (χ1) is 8.41. The van der Waals surface area contributed by atoms with Gasteiger partial charge in [-0.25, -0.2) is 0 Å². The van der Waals surface area contributed by atoms with Crippen molar-refractivity contribution in [3.05, 3.63) is 52.8 Å². The number of hydrogen-bond donors (Lipinski definition) is 1. The lowest BCUT2D eigenvalue weighted by atomic mass is 10.0. The third-order valence-corrected chi connectivity index (χ3v) is 2.48. The maximum Gasteiger partial charge on any atom is 0.435 e. The van der Waals surface area contributed by atoms with Crippen molar-refractivity contribution in [2.24, 2.45) is 0 Å². The third kappa shape index (κ3) is 2.13. The van der Waals surface area contributed by atoms with E-state index in [1.807, 2.05) is 0 Å². The first-order valence-electron chi connectivity index (χ1n) is 5.13. The van der Waals surface area contributed by atoms with Crippen LogP contribution in [-0.2, 0) is 6.18 Å². The Labute approximate surface area is 101 Å². The number of H-pyrrole nitrogens is 1. The summed E-state index contributed by atoms with van der Waals surface area (Å²) in [7, 11) is 0. The summed E-state index contributed by atoms with van der Waals surface area (Å²) < 4.78 is 38.1. The molecule has 0 aliphatic heterocycles. The highest BCUT2D eigenvalue weighted by molar-refractivity contribution is 6.10. The number of carbonyl (C=O) groups excluding carboxylic acids is 1. The number of ketones is 1. The predicted octanol–water partition coefficient (Wildman–Crippen LogP) is 2.97. The van der Waals surface area contributed by atoms with Crippen molar-refractivity contribution in [1.82, 2.24) is 10.2 Å². The molecule has 1 heterocycles. The number of halogens is 3. The SMILES string of the molecule is Cc1[nH]nc(C(F)(F)F)c1C(=O)c1ccccc1. The summed E-state index contributed by atoms with van der Waals surface area (Å²) in [5, 5.41) is 5.37. The number of aromatic nitrogens is 2. The lowest BCUT2D eigenvalue weighted by Crippen LogP contribution is -2.13. The van der Waals surface area contributed by atoms with E-state index in [0.29, 0.717) is 0 Å². The van der Waals surface area contributed by atoms with E-state index in [2.05, 4.69) is 10.2 Å². The molecule has 2 rings (SSSR count). The standard InChI is InChI=1S/C12H9F3N2O/c1-7-9(11(17-16-7)12(13,14)15)10(18)8-5-3-2-4-6-8/h2-6H,1H3,(H,16,17). The number of aromatic amines is 1. The molecule has 0 amide bonds. The van der Waals surface area contributed by atoms with Gasteiger partial charge in [0.25, 0.3) is 0 Å². The van der Waals surface area contributed by atoms with Gasteiger partial charge in [-0.05, 0) is 6.92 Å². The molecule has 18 heavy (non-hydrogen) atoms. The summed E-state index contributed by atoms with van der Waals surface area (Å²) in [6, 6.07) is 7.80. The Hall–Kier alpha value is -2.11. The lowest BCUT2D eigenvalue weighted by molar-refractivity contribution is -0.141. The molecule has 0 radical (unpaired) electrons. The summed E-state index contributed by atoms with van der Waals surface area (Å²) in [5.41, 5.74) is -1.29. The van der Waals surface area contributed by atoms with Crippen molar-refractivity contribution in [2.45, 2.75) is 13.1 Å². The number of hydrogen-bond acceptors (Lipinski definition) is 2. The van der Waals surface area contributed by atoms with E-state index in [-0.39, 0.29) is 11.3 Å². The molecular formula is C12H9F3N2O. The summed E-state index contributed by atoms with van der Waals surface area (Å²) in [6.45, 7) is 1.39. The summed E-state index contributed by atoms with van der Waals surface area (Å²) in [6.07, 6.45) is -4.65. The Morgan fingerprint density at radius 2 is 1.83 bits per heavy atom. The van der Waals surface area contributed by atoms with Crippen LogP contribution < -0.4 is 0 Å². The number of carbonyl (C=O) groups is 1. The van der Waals surface area contributed by atoms with Crippen LogP contribution in [0.1, 0.15) is 27.3 Å². The van der Waals surface area contributed by atoms with E-state index < -0.39 is 23.2 Å². The molecule has 0 aliphatic rings. The Morgan fingerprint density at radius 3 is 2.39 bits per heavy atom. The van der Waals surface area contributed by atoms with Crippen LogP contribution in [0.3, 0.4) is 0 Å². The fourth-order valence-electron chi connectivity index (χ4n) is 1.65. The molecule has 0 fully saturated rings. The van der Waals surface area contributed by atoms with Crippen LogP contribution in [0.4, 0.5) is 13.2 Å². The van der Waals surface area contributed by atoms with Crippen molar-refractivity contribution in [3.63, 3.8) is 0 Å². The third-order valence-electron chi connectivity index (χ3n) is 2.48. The number of aryl methyl sites for hydroxylation is 1. The quantitative estimate of drug-likeness (QED) is 0.837. The Morgan fingerprint density at radius 1 is 1.22 bits per heavy atom. The maximum absolute atomic E-state index is 12.7. The zero-order chi connectivity index (χ0) is 13.3. The Kier molecular flexibility index (Phi) is 2.94. The van der Waals surface area contributed by atoms with Crippen LogP contribution in [0.15, 0.2) is 30.3 Å². The average molecular weight is 254 g/mol. The summed E-state index contributed by atoms with van der Waals surface area (Å²) in [5.74, 6) is -0.686. The van der Waals surface area contributed by atoms with E-state index in [1.165, 1.54) is 19.1 Å². The number of alkyl halides is 3. The Balaban J connectivity index is 2.52. The number of benzene rings is 1. The van der Waals surface area contributed by atoms with Crippen LogP contribution in [-0.4, -0.2) is 16.0 Å². The van der Waals surface area contributed by atoms with Gasteiger partial charge in [0, 0.05) is 11.3 Å². The molecule has 1 N–H and O–H groups in total. The molecule has 1 aromatic heterocycles. The monoisotopic (exact) mass is 254 g/mol. The van der Waals surface area contributed by atoms with Gasteiger partial charge in [-0.1, -0.05) is 30.3 Å². The van der Waals surface area contributed by atoms with Crippen molar-refractivity contribution < 1.29 is 18.0 Å². The fraction of sp³-hybridized carbons (Fsp3) is 0.167. The summed E-state index contributed by atoms with van der Waals surface area (Å²) >= 11 is 0. The summed E-state index contributed by atoms with van der Waals surface area (Å²) in [4.78, 5) is 12.0. The lowest BCUT2D eigenvalue weighted by Gasteiger charge is -2.06. The van der Waals surface area contributed by atoms with E-state index in [1.54, 1.807) is 18.2 Å². The first-order valence-corrected chi connectivity index (χ1v) is 5.13. The van der Waals surface area contributed by atoms with Gasteiger partial charge >= 0.3 is 6.18 Å². The smallest absolute Gasteiger partial charge is 0.288 e. The molecule has 0 aliphatic carbocycles. The second-order valence-corrected chi connectivity index (χ2v) is 3.77. The van der Waals surface area contributed by atoms with Gasteiger partial charge in [-0.15, -0.1) is 0 Å². The van der Waals surface area contributed by atoms with Gasteiger partial charge in [-0.3, -0.25) is 9.89 Å². The molecular weight excluding hydrogens is 245 g/mol. The molecule has 0 saturated heterocycles. The van der Waals surface area contributed by atoms with Crippen LogP contribution in [0.25, 0.3) is 0 Å². The highest BCUT2D eigenvalue weighted by Crippen LogP contribution is 2.32. The van der Waals surface area contributed by atoms with Gasteiger partial charge in [0.05, 0.1) is 5.56 Å². The molecule has 1 aromatic carbocycles. The second kappa shape index (κ2) is 4.29. The first kappa shape index (κ1) is 12.3. The van der Waals surface area contributed by atoms with Crippen molar-refractivity contribution in [1.29, 1.82) is 0 Å². The topological polar surface area (TPSA) is 45.8 Å². The molecule has 0 saturated carbocycles. The molecule has 2 aromatic rings. The zero-order valence-electron chi connectivity index (χ0n) is 9.38. The van der Waals surface area contributed by atoms with Crippen molar-refractivity contribution >= 4 is 5.78 Å².